The first-order valence-electron chi connectivity index (χ1n) is 36.1. The summed E-state index contributed by atoms with van der Waals surface area (Å²) in [6, 6.07) is 1.19. The Morgan fingerprint density at radius 2 is 0.365 bits per heavy atom. The fraction of sp³-hybridized carbons (Fsp3) is 0.800. The maximum atomic E-state index is 5.30. The molecule has 4 fully saturated rings. The summed E-state index contributed by atoms with van der Waals surface area (Å²) in [5.41, 5.74) is 1.40. The molecule has 0 amide bonds. The van der Waals surface area contributed by atoms with Gasteiger partial charge in [0.15, 0.2) is 0 Å². The molecule has 8 atom stereocenters. The first kappa shape index (κ1) is 75.9. The average Bonchev–Trinajstić information content (AvgIpc) is 2.87. The Balaban J connectivity index is 0.000000242. The van der Waals surface area contributed by atoms with Crippen molar-refractivity contribution in [2.75, 3.05) is 0 Å². The first-order chi connectivity index (χ1) is 39.8. The van der Waals surface area contributed by atoms with E-state index in [-0.39, 0.29) is 65.5 Å². The van der Waals surface area contributed by atoms with Gasteiger partial charge in [-0.3, -0.25) is 0 Å². The molecule has 85 heavy (non-hydrogen) atoms. The van der Waals surface area contributed by atoms with Gasteiger partial charge in [-0.15, -0.1) is 22.2 Å². The van der Waals surface area contributed by atoms with Crippen LogP contribution in [0.2, 0.25) is 0 Å². The molecule has 0 aromatic heterocycles. The van der Waals surface area contributed by atoms with Crippen molar-refractivity contribution in [1.29, 1.82) is 0 Å². The van der Waals surface area contributed by atoms with Crippen molar-refractivity contribution in [2.45, 2.75) is 363 Å². The van der Waals surface area contributed by atoms with Crippen LogP contribution in [0.3, 0.4) is 0 Å². The number of allylic oxidation sites excluding steroid dienone is 8. The van der Waals surface area contributed by atoms with Gasteiger partial charge in [-0.2, -0.15) is 0 Å². The fourth-order valence-corrected chi connectivity index (χ4v) is 15.6. The van der Waals surface area contributed by atoms with E-state index in [9.17, 15) is 0 Å². The fourth-order valence-electron chi connectivity index (χ4n) is 15.6. The summed E-state index contributed by atoms with van der Waals surface area (Å²) in [5.74, 6) is 2.94. The molecule has 0 aromatic rings. The summed E-state index contributed by atoms with van der Waals surface area (Å²) < 4.78 is 0. The van der Waals surface area contributed by atoms with Gasteiger partial charge in [-0.1, -0.05) is 438 Å². The smallest absolute Gasteiger partial charge is 0.647 e. The van der Waals surface area contributed by atoms with Crippen LogP contribution in [0.1, 0.15) is 316 Å². The summed E-state index contributed by atoms with van der Waals surface area (Å²) in [6.45, 7) is 39.2. The molecular weight excluding hydrogens is 1060 g/mol. The van der Waals surface area contributed by atoms with E-state index < -0.39 is 0 Å². The van der Waals surface area contributed by atoms with Crippen LogP contribution >= 0.6 is 0 Å². The predicted molar refractivity (Wildman–Crippen MR) is 375 cm³/mol. The Kier molecular flexibility index (Phi) is 32.6. The van der Waals surface area contributed by atoms with Crippen molar-refractivity contribution >= 4 is 0 Å². The molecule has 5 heteroatoms. The van der Waals surface area contributed by atoms with Crippen molar-refractivity contribution in [3.63, 3.8) is 0 Å². The SMILES string of the molecule is CC1CCCCCCCCC(C)([N-]C2C=CC=C2)C1(C)C.CC1CCCCCCCCC(C)([N-]C2C=CC=C2)C1(C)C.CC1CCCCCCCCC(C)([N-]C2C=CC=C2)C1(C)C.CC1CCCCCCCCC(C)([N-]C2C=CC=C2)C1(C)C.[Ti+4]. The third kappa shape index (κ3) is 22.4. The van der Waals surface area contributed by atoms with Gasteiger partial charge in [0.25, 0.3) is 0 Å². The third-order valence-corrected chi connectivity index (χ3v) is 25.3. The van der Waals surface area contributed by atoms with Crippen molar-refractivity contribution in [1.82, 2.24) is 0 Å². The molecule has 0 aliphatic heterocycles. The van der Waals surface area contributed by atoms with E-state index in [1.165, 1.54) is 205 Å². The molecule has 0 bridgehead atoms. The van der Waals surface area contributed by atoms with Crippen LogP contribution in [-0.2, 0) is 21.7 Å². The Hall–Kier alpha value is -1.53. The number of hydrogen-bond acceptors (Lipinski definition) is 0. The molecule has 8 rings (SSSR count). The first-order valence-corrected chi connectivity index (χ1v) is 36.1. The van der Waals surface area contributed by atoms with E-state index in [4.69, 9.17) is 21.3 Å². The molecule has 0 saturated heterocycles. The van der Waals surface area contributed by atoms with Crippen LogP contribution < -0.4 is 0 Å². The van der Waals surface area contributed by atoms with Crippen LogP contribution in [0.15, 0.2) is 97.2 Å². The summed E-state index contributed by atoms with van der Waals surface area (Å²) >= 11 is 0. The summed E-state index contributed by atoms with van der Waals surface area (Å²) in [7, 11) is 0. The van der Waals surface area contributed by atoms with Gasteiger partial charge in [0.2, 0.25) is 0 Å². The maximum Gasteiger partial charge on any atom is 4.00 e. The minimum atomic E-state index is 0. The topological polar surface area (TPSA) is 56.4 Å². The van der Waals surface area contributed by atoms with Crippen LogP contribution in [0.5, 0.6) is 0 Å². The van der Waals surface area contributed by atoms with Crippen molar-refractivity contribution in [3.05, 3.63) is 118 Å². The van der Waals surface area contributed by atoms with Gasteiger partial charge in [-0.25, -0.2) is 0 Å². The summed E-state index contributed by atoms with van der Waals surface area (Å²) in [4.78, 5) is 0. The van der Waals surface area contributed by atoms with Crippen LogP contribution in [0.25, 0.3) is 21.3 Å². The van der Waals surface area contributed by atoms with E-state index in [1.54, 1.807) is 0 Å². The molecule has 8 aliphatic rings. The molecule has 4 saturated carbocycles. The second-order valence-electron chi connectivity index (χ2n) is 31.8. The largest absolute Gasteiger partial charge is 4.00 e. The summed E-state index contributed by atoms with van der Waals surface area (Å²) in [5, 5.41) is 21.2. The number of hydrogen-bond donors (Lipinski definition) is 0. The standard InChI is InChI=1S/4C20H34N.Ti/c4*1-17-13-9-7-5-6-8-12-16-20(4,19(17,2)3)21-18-14-10-11-15-18;/h4*10-11,14-15,17-18H,5-9,12-13,16H2,1-4H3;/q4*-1;+4. The summed E-state index contributed by atoms with van der Waals surface area (Å²) in [6.07, 6.45) is 78.8. The molecule has 8 aliphatic carbocycles. The average molecular weight is 1200 g/mol. The van der Waals surface area contributed by atoms with Crippen LogP contribution in [0.4, 0.5) is 0 Å². The molecule has 8 unspecified atom stereocenters. The van der Waals surface area contributed by atoms with E-state index in [0.717, 1.165) is 23.7 Å². The Labute approximate surface area is 544 Å². The normalized spacial score (nSPS) is 34.4. The van der Waals surface area contributed by atoms with Crippen LogP contribution in [0, 0.1) is 45.3 Å². The van der Waals surface area contributed by atoms with Gasteiger partial charge >= 0.3 is 21.7 Å². The minimum absolute atomic E-state index is 0. The quantitative estimate of drug-likeness (QED) is 0.218. The Bertz CT molecular complexity index is 1770. The maximum absolute atomic E-state index is 5.30. The Morgan fingerprint density at radius 3 is 0.529 bits per heavy atom. The van der Waals surface area contributed by atoms with Gasteiger partial charge in [0.1, 0.15) is 0 Å². The van der Waals surface area contributed by atoms with Gasteiger partial charge in [0.05, 0.1) is 0 Å². The number of rotatable bonds is 8. The minimum Gasteiger partial charge on any atom is -0.647 e. The van der Waals surface area contributed by atoms with E-state index in [2.05, 4.69) is 208 Å². The van der Waals surface area contributed by atoms with Crippen molar-refractivity contribution in [3.8, 4) is 0 Å². The van der Waals surface area contributed by atoms with Gasteiger partial charge in [0, 0.05) is 0 Å². The molecule has 0 heterocycles. The zero-order valence-corrected chi connectivity index (χ0v) is 60.3. The van der Waals surface area contributed by atoms with Gasteiger partial charge in [-0.05, 0) is 45.3 Å². The second kappa shape index (κ2) is 36.5. The van der Waals surface area contributed by atoms with Crippen molar-refractivity contribution in [2.24, 2.45) is 45.3 Å². The predicted octanol–water partition coefficient (Wildman–Crippen LogP) is 25.6. The second-order valence-corrected chi connectivity index (χ2v) is 31.8. The third-order valence-electron chi connectivity index (χ3n) is 25.3. The number of nitrogens with zero attached hydrogens (tertiary/aromatic N) is 4. The van der Waals surface area contributed by atoms with Crippen molar-refractivity contribution < 1.29 is 21.7 Å². The molecule has 0 N–H and O–H groups in total. The van der Waals surface area contributed by atoms with E-state index in [0.29, 0.717) is 24.2 Å². The van der Waals surface area contributed by atoms with Crippen LogP contribution in [-0.4, -0.2) is 46.3 Å². The zero-order chi connectivity index (χ0) is 61.4. The Morgan fingerprint density at radius 1 is 0.224 bits per heavy atom. The molecule has 0 radical (unpaired) electrons. The monoisotopic (exact) mass is 1200 g/mol. The van der Waals surface area contributed by atoms with E-state index in [1.807, 2.05) is 0 Å². The molecule has 0 aromatic carbocycles. The molecule has 4 nitrogen and oxygen atoms in total. The zero-order valence-electron chi connectivity index (χ0n) is 58.8. The molecule has 0 spiro atoms. The molecular formula is C80H136N4Ti. The van der Waals surface area contributed by atoms with E-state index >= 15 is 0 Å². The van der Waals surface area contributed by atoms with Gasteiger partial charge < -0.3 is 21.3 Å². The molecule has 480 valence electrons.